The molecule has 0 spiro atoms. The number of hydrogen-bond acceptors (Lipinski definition) is 4. The number of carbonyl (C=O) groups excluding carboxylic acids is 2. The summed E-state index contributed by atoms with van der Waals surface area (Å²) in [5.74, 6) is 0.636. The molecule has 1 heterocycles. The Kier molecular flexibility index (Phi) is 4.69. The van der Waals surface area contributed by atoms with Crippen LogP contribution in [0.15, 0.2) is 10.6 Å². The van der Waals surface area contributed by atoms with E-state index in [9.17, 15) is 9.59 Å². The van der Waals surface area contributed by atoms with Crippen molar-refractivity contribution in [2.75, 3.05) is 11.9 Å². The zero-order chi connectivity index (χ0) is 14.6. The minimum absolute atomic E-state index is 0.00206. The topological polar surface area (TPSA) is 75.4 Å². The van der Waals surface area contributed by atoms with E-state index in [1.807, 2.05) is 20.8 Å². The summed E-state index contributed by atoms with van der Waals surface area (Å²) in [6, 6.07) is 1.63. The van der Waals surface area contributed by atoms with Crippen LogP contribution < -0.4 is 5.32 Å². The van der Waals surface area contributed by atoms with Gasteiger partial charge in [-0.05, 0) is 27.7 Å². The largest absolute Gasteiger partial charge is 0.360 e. The van der Waals surface area contributed by atoms with E-state index in [-0.39, 0.29) is 18.4 Å². The molecule has 2 amide bonds. The van der Waals surface area contributed by atoms with E-state index in [2.05, 4.69) is 10.5 Å². The maximum absolute atomic E-state index is 11.9. The van der Waals surface area contributed by atoms with E-state index in [0.717, 1.165) is 0 Å². The van der Waals surface area contributed by atoms with Crippen LogP contribution in [-0.4, -0.2) is 34.0 Å². The normalized spacial score (nSPS) is 11.2. The minimum atomic E-state index is -0.399. The Morgan fingerprint density at radius 2 is 2.05 bits per heavy atom. The van der Waals surface area contributed by atoms with Crippen molar-refractivity contribution >= 4 is 17.6 Å². The minimum Gasteiger partial charge on any atom is -0.360 e. The van der Waals surface area contributed by atoms with E-state index in [1.54, 1.807) is 24.8 Å². The lowest BCUT2D eigenvalue weighted by molar-refractivity contribution is -0.139. The molecule has 1 aromatic heterocycles. The van der Waals surface area contributed by atoms with Crippen molar-refractivity contribution in [2.45, 2.75) is 46.6 Å². The molecule has 0 aliphatic heterocycles. The summed E-state index contributed by atoms with van der Waals surface area (Å²) in [4.78, 5) is 25.3. The first-order chi connectivity index (χ1) is 8.74. The molecule has 0 aliphatic rings. The molecule has 0 bridgehead atoms. The molecule has 0 aromatic carbocycles. The second-order valence-electron chi connectivity index (χ2n) is 5.38. The third kappa shape index (κ3) is 4.39. The third-order valence-electron chi connectivity index (χ3n) is 2.61. The lowest BCUT2D eigenvalue weighted by Crippen LogP contribution is -2.49. The highest BCUT2D eigenvalue weighted by atomic mass is 16.5. The van der Waals surface area contributed by atoms with Gasteiger partial charge in [-0.15, -0.1) is 0 Å². The molecular weight excluding hydrogens is 246 g/mol. The standard InChI is InChI=1S/C13H21N3O3/c1-6-12(18)16(13(3,4)5)8-11(17)14-10-7-9(2)19-15-10/h7H,6,8H2,1-5H3,(H,14,15,17). The van der Waals surface area contributed by atoms with Crippen LogP contribution in [0, 0.1) is 6.92 Å². The van der Waals surface area contributed by atoms with Gasteiger partial charge < -0.3 is 14.7 Å². The lowest BCUT2D eigenvalue weighted by Gasteiger charge is -2.35. The third-order valence-corrected chi connectivity index (χ3v) is 2.61. The fraction of sp³-hybridized carbons (Fsp3) is 0.615. The van der Waals surface area contributed by atoms with Gasteiger partial charge in [0, 0.05) is 18.0 Å². The average molecular weight is 267 g/mol. The van der Waals surface area contributed by atoms with Gasteiger partial charge in [-0.3, -0.25) is 9.59 Å². The van der Waals surface area contributed by atoms with E-state index in [4.69, 9.17) is 4.52 Å². The summed E-state index contributed by atoms with van der Waals surface area (Å²) in [5, 5.41) is 6.29. The Bertz CT molecular complexity index is 460. The van der Waals surface area contributed by atoms with Crippen molar-refractivity contribution in [1.29, 1.82) is 0 Å². The summed E-state index contributed by atoms with van der Waals surface area (Å²) in [6.07, 6.45) is 0.369. The quantitative estimate of drug-likeness (QED) is 0.904. The highest BCUT2D eigenvalue weighted by molar-refractivity contribution is 5.94. The van der Waals surface area contributed by atoms with E-state index < -0.39 is 5.54 Å². The second kappa shape index (κ2) is 5.86. The zero-order valence-electron chi connectivity index (χ0n) is 12.1. The number of hydrogen-bond donors (Lipinski definition) is 1. The van der Waals surface area contributed by atoms with Crippen LogP contribution in [0.4, 0.5) is 5.82 Å². The van der Waals surface area contributed by atoms with Gasteiger partial charge in [0.15, 0.2) is 5.82 Å². The summed E-state index contributed by atoms with van der Waals surface area (Å²) >= 11 is 0. The van der Waals surface area contributed by atoms with Gasteiger partial charge in [0.2, 0.25) is 11.8 Å². The van der Waals surface area contributed by atoms with Gasteiger partial charge in [0.05, 0.1) is 0 Å². The van der Waals surface area contributed by atoms with Crippen molar-refractivity contribution in [1.82, 2.24) is 10.1 Å². The number of carbonyl (C=O) groups is 2. The molecular formula is C13H21N3O3. The molecule has 0 atom stereocenters. The Hall–Kier alpha value is -1.85. The number of rotatable bonds is 4. The smallest absolute Gasteiger partial charge is 0.245 e. The molecule has 0 unspecified atom stereocenters. The first-order valence-electron chi connectivity index (χ1n) is 6.27. The maximum Gasteiger partial charge on any atom is 0.245 e. The molecule has 6 heteroatoms. The van der Waals surface area contributed by atoms with Crippen molar-refractivity contribution < 1.29 is 14.1 Å². The Morgan fingerprint density at radius 1 is 1.42 bits per heavy atom. The van der Waals surface area contributed by atoms with Crippen LogP contribution in [0.2, 0.25) is 0 Å². The lowest BCUT2D eigenvalue weighted by atomic mass is 10.1. The molecule has 0 radical (unpaired) electrons. The molecule has 106 valence electrons. The van der Waals surface area contributed by atoms with E-state index in [0.29, 0.717) is 18.0 Å². The second-order valence-corrected chi connectivity index (χ2v) is 5.38. The molecule has 1 aromatic rings. The monoisotopic (exact) mass is 267 g/mol. The molecule has 1 rings (SSSR count). The van der Waals surface area contributed by atoms with E-state index >= 15 is 0 Å². The molecule has 0 aliphatic carbocycles. The summed E-state index contributed by atoms with van der Waals surface area (Å²) in [5.41, 5.74) is -0.399. The number of amides is 2. The number of aromatic nitrogens is 1. The van der Waals surface area contributed by atoms with Crippen LogP contribution in [0.25, 0.3) is 0 Å². The number of nitrogens with zero attached hydrogens (tertiary/aromatic N) is 2. The predicted molar refractivity (Wildman–Crippen MR) is 71.6 cm³/mol. The molecule has 0 fully saturated rings. The maximum atomic E-state index is 11.9. The van der Waals surface area contributed by atoms with Crippen LogP contribution in [0.3, 0.4) is 0 Å². The molecule has 6 nitrogen and oxygen atoms in total. The fourth-order valence-electron chi connectivity index (χ4n) is 1.64. The Morgan fingerprint density at radius 3 is 2.47 bits per heavy atom. The first-order valence-corrected chi connectivity index (χ1v) is 6.27. The Labute approximate surface area is 113 Å². The first kappa shape index (κ1) is 15.2. The molecule has 0 saturated heterocycles. The number of nitrogens with one attached hydrogen (secondary N) is 1. The summed E-state index contributed by atoms with van der Waals surface area (Å²) in [7, 11) is 0. The van der Waals surface area contributed by atoms with Crippen LogP contribution in [0.1, 0.15) is 39.9 Å². The van der Waals surface area contributed by atoms with Crippen molar-refractivity contribution in [3.63, 3.8) is 0 Å². The van der Waals surface area contributed by atoms with Gasteiger partial charge in [0.1, 0.15) is 12.3 Å². The average Bonchev–Trinajstić information content (AvgIpc) is 2.69. The number of anilines is 1. The number of aryl methyl sites for hydroxylation is 1. The predicted octanol–water partition coefficient (Wildman–Crippen LogP) is 1.96. The summed E-state index contributed by atoms with van der Waals surface area (Å²) < 4.78 is 4.86. The van der Waals surface area contributed by atoms with Crippen LogP contribution >= 0.6 is 0 Å². The fourth-order valence-corrected chi connectivity index (χ4v) is 1.64. The van der Waals surface area contributed by atoms with Crippen LogP contribution in [0.5, 0.6) is 0 Å². The zero-order valence-corrected chi connectivity index (χ0v) is 12.1. The van der Waals surface area contributed by atoms with Gasteiger partial charge in [0.25, 0.3) is 0 Å². The molecule has 1 N–H and O–H groups in total. The van der Waals surface area contributed by atoms with Crippen LogP contribution in [-0.2, 0) is 9.59 Å². The SMILES string of the molecule is CCC(=O)N(CC(=O)Nc1cc(C)on1)C(C)(C)C. The summed E-state index contributed by atoms with van der Waals surface area (Å²) in [6.45, 7) is 9.21. The molecule has 19 heavy (non-hydrogen) atoms. The van der Waals surface area contributed by atoms with Crippen molar-refractivity contribution in [3.8, 4) is 0 Å². The van der Waals surface area contributed by atoms with Gasteiger partial charge in [-0.1, -0.05) is 12.1 Å². The highest BCUT2D eigenvalue weighted by Crippen LogP contribution is 2.15. The van der Waals surface area contributed by atoms with Gasteiger partial charge >= 0.3 is 0 Å². The van der Waals surface area contributed by atoms with Crippen molar-refractivity contribution in [2.24, 2.45) is 0 Å². The Balaban J connectivity index is 2.69. The highest BCUT2D eigenvalue weighted by Gasteiger charge is 2.27. The van der Waals surface area contributed by atoms with Gasteiger partial charge in [-0.2, -0.15) is 0 Å². The van der Waals surface area contributed by atoms with Gasteiger partial charge in [-0.25, -0.2) is 0 Å². The van der Waals surface area contributed by atoms with E-state index in [1.165, 1.54) is 0 Å². The van der Waals surface area contributed by atoms with Crippen molar-refractivity contribution in [3.05, 3.63) is 11.8 Å². The molecule has 0 saturated carbocycles.